The van der Waals surface area contributed by atoms with Crippen LogP contribution in [0.5, 0.6) is 5.75 Å². The summed E-state index contributed by atoms with van der Waals surface area (Å²) in [5, 5.41) is 0. The molecule has 2 aromatic carbocycles. The number of hydrogen-bond acceptors (Lipinski definition) is 3. The van der Waals surface area contributed by atoms with E-state index in [2.05, 4.69) is 12.1 Å². The number of rotatable bonds is 6. The SMILES string of the molecule is NCc1cccc(OCCSc2ccccc2)c1. The number of benzene rings is 2. The Morgan fingerprint density at radius 3 is 2.61 bits per heavy atom. The van der Waals surface area contributed by atoms with Gasteiger partial charge < -0.3 is 10.5 Å². The summed E-state index contributed by atoms with van der Waals surface area (Å²) in [7, 11) is 0. The summed E-state index contributed by atoms with van der Waals surface area (Å²) in [5.41, 5.74) is 6.69. The predicted molar refractivity (Wildman–Crippen MR) is 77.0 cm³/mol. The topological polar surface area (TPSA) is 35.2 Å². The molecule has 0 heterocycles. The Morgan fingerprint density at radius 1 is 1.00 bits per heavy atom. The molecule has 0 bridgehead atoms. The monoisotopic (exact) mass is 259 g/mol. The van der Waals surface area contributed by atoms with Gasteiger partial charge in [-0.3, -0.25) is 0 Å². The van der Waals surface area contributed by atoms with Crippen molar-refractivity contribution < 1.29 is 4.74 Å². The van der Waals surface area contributed by atoms with Crippen LogP contribution in [0.1, 0.15) is 5.56 Å². The lowest BCUT2D eigenvalue weighted by Crippen LogP contribution is -2.01. The molecule has 3 heteroatoms. The van der Waals surface area contributed by atoms with Crippen molar-refractivity contribution >= 4 is 11.8 Å². The highest BCUT2D eigenvalue weighted by Gasteiger charge is 1.96. The van der Waals surface area contributed by atoms with E-state index in [1.54, 1.807) is 11.8 Å². The van der Waals surface area contributed by atoms with Crippen LogP contribution in [0, 0.1) is 0 Å². The third-order valence-electron chi connectivity index (χ3n) is 2.50. The van der Waals surface area contributed by atoms with Crippen LogP contribution in [-0.4, -0.2) is 12.4 Å². The highest BCUT2D eigenvalue weighted by molar-refractivity contribution is 7.99. The van der Waals surface area contributed by atoms with Crippen LogP contribution in [-0.2, 0) is 6.54 Å². The zero-order valence-electron chi connectivity index (χ0n) is 10.2. The van der Waals surface area contributed by atoms with Gasteiger partial charge in [0.2, 0.25) is 0 Å². The van der Waals surface area contributed by atoms with Crippen molar-refractivity contribution in [1.29, 1.82) is 0 Å². The maximum Gasteiger partial charge on any atom is 0.119 e. The summed E-state index contributed by atoms with van der Waals surface area (Å²) in [6.45, 7) is 1.25. The van der Waals surface area contributed by atoms with Crippen molar-refractivity contribution in [2.24, 2.45) is 5.73 Å². The fourth-order valence-electron chi connectivity index (χ4n) is 1.60. The summed E-state index contributed by atoms with van der Waals surface area (Å²) in [5.74, 6) is 1.84. The molecule has 94 valence electrons. The zero-order valence-corrected chi connectivity index (χ0v) is 11.0. The number of thioether (sulfide) groups is 1. The van der Waals surface area contributed by atoms with E-state index < -0.39 is 0 Å². The molecule has 2 nitrogen and oxygen atoms in total. The highest BCUT2D eigenvalue weighted by atomic mass is 32.2. The summed E-state index contributed by atoms with van der Waals surface area (Å²) in [6.07, 6.45) is 0. The van der Waals surface area contributed by atoms with Crippen LogP contribution in [0.15, 0.2) is 59.5 Å². The lowest BCUT2D eigenvalue weighted by molar-refractivity contribution is 0.343. The summed E-state index contributed by atoms with van der Waals surface area (Å²) < 4.78 is 5.69. The minimum atomic E-state index is 0.552. The predicted octanol–water partition coefficient (Wildman–Crippen LogP) is 3.32. The van der Waals surface area contributed by atoms with E-state index in [1.807, 2.05) is 42.5 Å². The Morgan fingerprint density at radius 2 is 1.83 bits per heavy atom. The van der Waals surface area contributed by atoms with Crippen LogP contribution in [0.4, 0.5) is 0 Å². The highest BCUT2D eigenvalue weighted by Crippen LogP contribution is 2.18. The van der Waals surface area contributed by atoms with Crippen LogP contribution >= 0.6 is 11.8 Å². The van der Waals surface area contributed by atoms with Crippen molar-refractivity contribution in [2.45, 2.75) is 11.4 Å². The van der Waals surface area contributed by atoms with E-state index in [4.69, 9.17) is 10.5 Å². The first-order chi connectivity index (χ1) is 8.88. The molecule has 0 amide bonds. The van der Waals surface area contributed by atoms with Crippen molar-refractivity contribution in [3.8, 4) is 5.75 Å². The average Bonchev–Trinajstić information content (AvgIpc) is 2.45. The van der Waals surface area contributed by atoms with Gasteiger partial charge in [-0.25, -0.2) is 0 Å². The second-order valence-electron chi connectivity index (χ2n) is 3.86. The van der Waals surface area contributed by atoms with Crippen molar-refractivity contribution in [3.05, 3.63) is 60.2 Å². The third kappa shape index (κ3) is 4.09. The van der Waals surface area contributed by atoms with Gasteiger partial charge in [-0.15, -0.1) is 11.8 Å². The number of nitrogens with two attached hydrogens (primary N) is 1. The smallest absolute Gasteiger partial charge is 0.119 e. The quantitative estimate of drug-likeness (QED) is 0.638. The molecule has 0 aliphatic rings. The molecule has 0 radical (unpaired) electrons. The van der Waals surface area contributed by atoms with Gasteiger partial charge >= 0.3 is 0 Å². The van der Waals surface area contributed by atoms with Gasteiger partial charge in [0, 0.05) is 17.2 Å². The Bertz CT molecular complexity index is 473. The molecule has 2 aromatic rings. The van der Waals surface area contributed by atoms with Crippen molar-refractivity contribution in [2.75, 3.05) is 12.4 Å². The van der Waals surface area contributed by atoms with Gasteiger partial charge in [0.25, 0.3) is 0 Å². The van der Waals surface area contributed by atoms with E-state index in [-0.39, 0.29) is 0 Å². The second kappa shape index (κ2) is 7.09. The van der Waals surface area contributed by atoms with E-state index in [1.165, 1.54) is 4.90 Å². The minimum absolute atomic E-state index is 0.552. The van der Waals surface area contributed by atoms with E-state index in [0.29, 0.717) is 13.2 Å². The number of ether oxygens (including phenoxy) is 1. The van der Waals surface area contributed by atoms with E-state index >= 15 is 0 Å². The molecule has 0 fully saturated rings. The molecule has 0 atom stereocenters. The van der Waals surface area contributed by atoms with Gasteiger partial charge in [-0.05, 0) is 29.8 Å². The van der Waals surface area contributed by atoms with Gasteiger partial charge in [-0.2, -0.15) is 0 Å². The maximum absolute atomic E-state index is 5.69. The Hall–Kier alpha value is -1.45. The number of hydrogen-bond donors (Lipinski definition) is 1. The average molecular weight is 259 g/mol. The molecule has 0 spiro atoms. The zero-order chi connectivity index (χ0) is 12.6. The molecule has 0 aliphatic carbocycles. The van der Waals surface area contributed by atoms with Crippen LogP contribution < -0.4 is 10.5 Å². The molecule has 0 unspecified atom stereocenters. The second-order valence-corrected chi connectivity index (χ2v) is 5.03. The van der Waals surface area contributed by atoms with Gasteiger partial charge in [0.15, 0.2) is 0 Å². The van der Waals surface area contributed by atoms with Gasteiger partial charge in [-0.1, -0.05) is 30.3 Å². The van der Waals surface area contributed by atoms with E-state index in [9.17, 15) is 0 Å². The maximum atomic E-state index is 5.69. The largest absolute Gasteiger partial charge is 0.493 e. The third-order valence-corrected chi connectivity index (χ3v) is 3.47. The first-order valence-corrected chi connectivity index (χ1v) is 6.97. The molecule has 18 heavy (non-hydrogen) atoms. The molecule has 2 rings (SSSR count). The van der Waals surface area contributed by atoms with Crippen LogP contribution in [0.2, 0.25) is 0 Å². The van der Waals surface area contributed by atoms with Crippen LogP contribution in [0.3, 0.4) is 0 Å². The summed E-state index contributed by atoms with van der Waals surface area (Å²) >= 11 is 1.80. The fraction of sp³-hybridized carbons (Fsp3) is 0.200. The molecule has 0 saturated heterocycles. The molecular weight excluding hydrogens is 242 g/mol. The lowest BCUT2D eigenvalue weighted by Gasteiger charge is -2.07. The van der Waals surface area contributed by atoms with Crippen molar-refractivity contribution in [1.82, 2.24) is 0 Å². The molecule has 0 aromatic heterocycles. The van der Waals surface area contributed by atoms with Crippen molar-refractivity contribution in [3.63, 3.8) is 0 Å². The molecule has 0 aliphatic heterocycles. The molecule has 2 N–H and O–H groups in total. The van der Waals surface area contributed by atoms with Crippen LogP contribution in [0.25, 0.3) is 0 Å². The van der Waals surface area contributed by atoms with Gasteiger partial charge in [0.05, 0.1) is 6.61 Å². The lowest BCUT2D eigenvalue weighted by atomic mass is 10.2. The summed E-state index contributed by atoms with van der Waals surface area (Å²) in [4.78, 5) is 1.27. The molecular formula is C15H17NOS. The molecule has 0 saturated carbocycles. The standard InChI is InChI=1S/C15H17NOS/c16-12-13-5-4-6-14(11-13)17-9-10-18-15-7-2-1-3-8-15/h1-8,11H,9-10,12,16H2. The summed E-state index contributed by atoms with van der Waals surface area (Å²) in [6, 6.07) is 18.3. The first kappa shape index (κ1) is 13.0. The normalized spacial score (nSPS) is 10.3. The Balaban J connectivity index is 1.75. The first-order valence-electron chi connectivity index (χ1n) is 5.98. The van der Waals surface area contributed by atoms with E-state index in [0.717, 1.165) is 17.1 Å². The Kier molecular flexibility index (Phi) is 5.12. The fourth-order valence-corrected chi connectivity index (χ4v) is 2.35. The van der Waals surface area contributed by atoms with Gasteiger partial charge in [0.1, 0.15) is 5.75 Å². The Labute approximate surface area is 112 Å². The minimum Gasteiger partial charge on any atom is -0.493 e.